The van der Waals surface area contributed by atoms with E-state index in [1.807, 2.05) is 0 Å². The lowest BCUT2D eigenvalue weighted by Gasteiger charge is -2.03. The van der Waals surface area contributed by atoms with Crippen LogP contribution in [0.2, 0.25) is 0 Å². The van der Waals surface area contributed by atoms with Gasteiger partial charge in [0.2, 0.25) is 5.91 Å². The molecule has 94 valence electrons. The average molecular weight is 246 g/mol. The third-order valence-electron chi connectivity index (χ3n) is 2.19. The highest BCUT2D eigenvalue weighted by atomic mass is 16.2. The summed E-state index contributed by atoms with van der Waals surface area (Å²) < 4.78 is 0. The van der Waals surface area contributed by atoms with E-state index < -0.39 is 5.91 Å². The van der Waals surface area contributed by atoms with E-state index >= 15 is 0 Å². The first kappa shape index (κ1) is 13.6. The monoisotopic (exact) mass is 246 g/mol. The summed E-state index contributed by atoms with van der Waals surface area (Å²) in [5.41, 5.74) is 6.34. The van der Waals surface area contributed by atoms with Gasteiger partial charge >= 0.3 is 0 Å². The van der Waals surface area contributed by atoms with Crippen molar-refractivity contribution in [3.8, 4) is 0 Å². The SMILES string of the molecule is CC(=O)Nc1ccc(C=C(C(C)=O)C(N)=O)cc1. The zero-order valence-electron chi connectivity index (χ0n) is 10.2. The highest BCUT2D eigenvalue weighted by molar-refractivity contribution is 6.21. The lowest BCUT2D eigenvalue weighted by atomic mass is 10.1. The number of amides is 2. The molecule has 0 saturated carbocycles. The summed E-state index contributed by atoms with van der Waals surface area (Å²) in [6.45, 7) is 2.69. The van der Waals surface area contributed by atoms with Crippen LogP contribution >= 0.6 is 0 Å². The molecule has 0 heterocycles. The third-order valence-corrected chi connectivity index (χ3v) is 2.19. The van der Waals surface area contributed by atoms with Gasteiger partial charge in [-0.2, -0.15) is 0 Å². The molecule has 3 N–H and O–H groups in total. The van der Waals surface area contributed by atoms with Crippen molar-refractivity contribution < 1.29 is 14.4 Å². The van der Waals surface area contributed by atoms with Crippen molar-refractivity contribution in [3.63, 3.8) is 0 Å². The number of Topliss-reactive ketones (excluding diaryl/α,β-unsaturated/α-hetero) is 1. The largest absolute Gasteiger partial charge is 0.365 e. The minimum atomic E-state index is -0.756. The first-order valence-corrected chi connectivity index (χ1v) is 5.30. The van der Waals surface area contributed by atoms with Crippen LogP contribution < -0.4 is 11.1 Å². The molecule has 2 amide bonds. The third kappa shape index (κ3) is 3.86. The lowest BCUT2D eigenvalue weighted by Crippen LogP contribution is -2.18. The number of anilines is 1. The number of benzene rings is 1. The summed E-state index contributed by atoms with van der Waals surface area (Å²) >= 11 is 0. The Kier molecular flexibility index (Phi) is 4.37. The molecule has 1 aromatic carbocycles. The van der Waals surface area contributed by atoms with Crippen LogP contribution in [-0.4, -0.2) is 17.6 Å². The van der Waals surface area contributed by atoms with Gasteiger partial charge in [0, 0.05) is 12.6 Å². The first-order chi connectivity index (χ1) is 8.40. The van der Waals surface area contributed by atoms with Crippen molar-refractivity contribution in [3.05, 3.63) is 35.4 Å². The van der Waals surface area contributed by atoms with Crippen molar-refractivity contribution >= 4 is 29.4 Å². The van der Waals surface area contributed by atoms with Gasteiger partial charge in [0.25, 0.3) is 5.91 Å². The maximum absolute atomic E-state index is 11.2. The van der Waals surface area contributed by atoms with E-state index in [1.165, 1.54) is 19.9 Å². The standard InChI is InChI=1S/C13H14N2O3/c1-8(16)12(13(14)18)7-10-3-5-11(6-4-10)15-9(2)17/h3-7H,1-2H3,(H2,14,18)(H,15,17). The Morgan fingerprint density at radius 1 is 1.11 bits per heavy atom. The van der Waals surface area contributed by atoms with Gasteiger partial charge in [-0.15, -0.1) is 0 Å². The van der Waals surface area contributed by atoms with Crippen LogP contribution in [0.5, 0.6) is 0 Å². The van der Waals surface area contributed by atoms with Crippen molar-refractivity contribution in [1.29, 1.82) is 0 Å². The fourth-order valence-electron chi connectivity index (χ4n) is 1.38. The van der Waals surface area contributed by atoms with Crippen LogP contribution in [0, 0.1) is 0 Å². The minimum absolute atomic E-state index is 0.0534. The Morgan fingerprint density at radius 3 is 2.06 bits per heavy atom. The molecule has 0 unspecified atom stereocenters. The van der Waals surface area contributed by atoms with Crippen LogP contribution in [0.1, 0.15) is 19.4 Å². The zero-order chi connectivity index (χ0) is 13.7. The van der Waals surface area contributed by atoms with Crippen molar-refractivity contribution in [1.82, 2.24) is 0 Å². The Bertz CT molecular complexity index is 500. The van der Waals surface area contributed by atoms with Crippen molar-refractivity contribution in [2.75, 3.05) is 5.32 Å². The fraction of sp³-hybridized carbons (Fsp3) is 0.154. The molecule has 0 spiro atoms. The molecule has 1 aromatic rings. The normalized spacial score (nSPS) is 10.9. The molecular formula is C13H14N2O3. The highest BCUT2D eigenvalue weighted by Crippen LogP contribution is 2.13. The molecule has 0 saturated heterocycles. The van der Waals surface area contributed by atoms with Gasteiger partial charge < -0.3 is 11.1 Å². The predicted octanol–water partition coefficient (Wildman–Crippen LogP) is 1.10. The summed E-state index contributed by atoms with van der Waals surface area (Å²) in [5.74, 6) is -1.30. The molecule has 0 fully saturated rings. The number of ketones is 1. The van der Waals surface area contributed by atoms with E-state index in [0.29, 0.717) is 11.3 Å². The predicted molar refractivity (Wildman–Crippen MR) is 68.6 cm³/mol. The van der Waals surface area contributed by atoms with Crippen LogP contribution in [0.3, 0.4) is 0 Å². The number of rotatable bonds is 4. The van der Waals surface area contributed by atoms with Gasteiger partial charge in [0.05, 0.1) is 5.57 Å². The van der Waals surface area contributed by atoms with Gasteiger partial charge in [0.15, 0.2) is 5.78 Å². The molecular weight excluding hydrogens is 232 g/mol. The summed E-state index contributed by atoms with van der Waals surface area (Å²) in [4.78, 5) is 33.0. The maximum Gasteiger partial charge on any atom is 0.252 e. The molecule has 0 aromatic heterocycles. The van der Waals surface area contributed by atoms with E-state index in [9.17, 15) is 14.4 Å². The number of hydrogen-bond donors (Lipinski definition) is 2. The van der Waals surface area contributed by atoms with E-state index in [1.54, 1.807) is 24.3 Å². The quantitative estimate of drug-likeness (QED) is 0.473. The fourth-order valence-corrected chi connectivity index (χ4v) is 1.38. The number of nitrogens with one attached hydrogen (secondary N) is 1. The summed E-state index contributed by atoms with van der Waals surface area (Å²) in [6.07, 6.45) is 1.42. The molecule has 5 heteroatoms. The number of carbonyl (C=O) groups excluding carboxylic acids is 3. The summed E-state index contributed by atoms with van der Waals surface area (Å²) in [6, 6.07) is 6.70. The second-order valence-corrected chi connectivity index (χ2v) is 3.78. The molecule has 0 aliphatic heterocycles. The zero-order valence-corrected chi connectivity index (χ0v) is 10.2. The van der Waals surface area contributed by atoms with Crippen molar-refractivity contribution in [2.45, 2.75) is 13.8 Å². The second-order valence-electron chi connectivity index (χ2n) is 3.78. The Labute approximate surface area is 105 Å². The number of carbonyl (C=O) groups is 3. The first-order valence-electron chi connectivity index (χ1n) is 5.30. The molecule has 0 radical (unpaired) electrons. The average Bonchev–Trinajstić information content (AvgIpc) is 2.26. The molecule has 1 rings (SSSR count). The van der Waals surface area contributed by atoms with Gasteiger partial charge in [-0.05, 0) is 30.7 Å². The molecule has 5 nitrogen and oxygen atoms in total. The molecule has 18 heavy (non-hydrogen) atoms. The van der Waals surface area contributed by atoms with Crippen LogP contribution in [0.15, 0.2) is 29.8 Å². The van der Waals surface area contributed by atoms with Gasteiger partial charge in [-0.3, -0.25) is 14.4 Å². The van der Waals surface area contributed by atoms with E-state index in [2.05, 4.69) is 5.32 Å². The number of hydrogen-bond acceptors (Lipinski definition) is 3. The lowest BCUT2D eigenvalue weighted by molar-refractivity contribution is -0.119. The topological polar surface area (TPSA) is 89.3 Å². The number of nitrogens with two attached hydrogens (primary N) is 1. The molecule has 0 aliphatic rings. The summed E-state index contributed by atoms with van der Waals surface area (Å²) in [7, 11) is 0. The van der Waals surface area contributed by atoms with Gasteiger partial charge in [0.1, 0.15) is 0 Å². The minimum Gasteiger partial charge on any atom is -0.365 e. The Hall–Kier alpha value is -2.43. The maximum atomic E-state index is 11.2. The number of primary amides is 1. The van der Waals surface area contributed by atoms with E-state index in [0.717, 1.165) is 0 Å². The molecule has 0 bridgehead atoms. The van der Waals surface area contributed by atoms with Crippen LogP contribution in [0.25, 0.3) is 6.08 Å². The molecule has 0 aliphatic carbocycles. The summed E-state index contributed by atoms with van der Waals surface area (Å²) in [5, 5.41) is 2.61. The van der Waals surface area contributed by atoms with Crippen LogP contribution in [-0.2, 0) is 14.4 Å². The van der Waals surface area contributed by atoms with Gasteiger partial charge in [-0.1, -0.05) is 12.1 Å². The Morgan fingerprint density at radius 2 is 1.67 bits per heavy atom. The van der Waals surface area contributed by atoms with Crippen LogP contribution in [0.4, 0.5) is 5.69 Å². The smallest absolute Gasteiger partial charge is 0.252 e. The second kappa shape index (κ2) is 5.77. The Balaban J connectivity index is 2.98. The van der Waals surface area contributed by atoms with Gasteiger partial charge in [-0.25, -0.2) is 0 Å². The van der Waals surface area contributed by atoms with E-state index in [-0.39, 0.29) is 17.3 Å². The van der Waals surface area contributed by atoms with Crippen molar-refractivity contribution in [2.24, 2.45) is 5.73 Å². The van der Waals surface area contributed by atoms with E-state index in [4.69, 9.17) is 5.73 Å². The highest BCUT2D eigenvalue weighted by Gasteiger charge is 2.10. The molecule has 0 atom stereocenters.